The first-order chi connectivity index (χ1) is 10.8. The molecule has 0 unspecified atom stereocenters. The first kappa shape index (κ1) is 16.3. The van der Waals surface area contributed by atoms with Crippen molar-refractivity contribution in [2.75, 3.05) is 5.73 Å². The summed E-state index contributed by atoms with van der Waals surface area (Å²) < 4.78 is 18.1. The summed E-state index contributed by atoms with van der Waals surface area (Å²) in [5, 5.41) is 19.0. The lowest BCUT2D eigenvalue weighted by atomic mass is 10.00. The molecule has 6 nitrogen and oxygen atoms in total. The van der Waals surface area contributed by atoms with E-state index in [1.807, 2.05) is 0 Å². The molecule has 0 fully saturated rings. The summed E-state index contributed by atoms with van der Waals surface area (Å²) in [4.78, 5) is 22.4. The molecular formula is C16H14FNO5. The van der Waals surface area contributed by atoms with Crippen molar-refractivity contribution in [3.8, 4) is 11.5 Å². The fraction of sp³-hybridized carbons (Fsp3) is 0.125. The Morgan fingerprint density at radius 2 is 1.96 bits per heavy atom. The summed E-state index contributed by atoms with van der Waals surface area (Å²) in [6.07, 6.45) is 0.0639. The zero-order chi connectivity index (χ0) is 17.1. The van der Waals surface area contributed by atoms with E-state index in [0.29, 0.717) is 5.56 Å². The molecule has 7 heteroatoms. The van der Waals surface area contributed by atoms with E-state index in [1.165, 1.54) is 18.2 Å². The number of aromatic carboxylic acids is 1. The van der Waals surface area contributed by atoms with E-state index >= 15 is 0 Å². The van der Waals surface area contributed by atoms with Gasteiger partial charge in [0.05, 0.1) is 5.69 Å². The summed E-state index contributed by atoms with van der Waals surface area (Å²) in [5.74, 6) is -2.91. The number of halogens is 1. The predicted molar refractivity (Wildman–Crippen MR) is 80.0 cm³/mol. The molecule has 2 aromatic carbocycles. The van der Waals surface area contributed by atoms with Crippen LogP contribution in [0.5, 0.6) is 11.5 Å². The summed E-state index contributed by atoms with van der Waals surface area (Å²) >= 11 is 0. The highest BCUT2D eigenvalue weighted by Crippen LogP contribution is 2.31. The number of carbonyl (C=O) groups excluding carboxylic acids is 1. The minimum atomic E-state index is -1.32. The number of carboxylic acids is 1. The third-order valence-electron chi connectivity index (χ3n) is 3.09. The third-order valence-corrected chi connectivity index (χ3v) is 3.09. The van der Waals surface area contributed by atoms with E-state index in [9.17, 15) is 24.2 Å². The SMILES string of the molecule is CC(=O)Oc1c(N)cc(Cc2cc(F)ccc2O)cc1C(=O)O. The minimum absolute atomic E-state index is 0.0361. The van der Waals surface area contributed by atoms with E-state index in [0.717, 1.165) is 19.1 Å². The molecule has 0 spiro atoms. The van der Waals surface area contributed by atoms with Gasteiger partial charge < -0.3 is 20.7 Å². The molecule has 0 atom stereocenters. The van der Waals surface area contributed by atoms with Crippen LogP contribution in [0.4, 0.5) is 10.1 Å². The van der Waals surface area contributed by atoms with Crippen molar-refractivity contribution in [3.63, 3.8) is 0 Å². The van der Waals surface area contributed by atoms with Crippen molar-refractivity contribution < 1.29 is 28.9 Å². The van der Waals surface area contributed by atoms with Gasteiger partial charge in [0, 0.05) is 18.9 Å². The highest BCUT2D eigenvalue weighted by Gasteiger charge is 2.18. The molecule has 0 bridgehead atoms. The molecule has 0 amide bonds. The van der Waals surface area contributed by atoms with Gasteiger partial charge in [0.15, 0.2) is 5.75 Å². The van der Waals surface area contributed by atoms with Crippen LogP contribution in [0.2, 0.25) is 0 Å². The molecule has 0 aliphatic heterocycles. The number of anilines is 1. The van der Waals surface area contributed by atoms with Crippen molar-refractivity contribution in [3.05, 3.63) is 52.8 Å². The van der Waals surface area contributed by atoms with Crippen LogP contribution in [0.15, 0.2) is 30.3 Å². The molecule has 0 heterocycles. The van der Waals surface area contributed by atoms with Crippen molar-refractivity contribution >= 4 is 17.6 Å². The Morgan fingerprint density at radius 1 is 1.26 bits per heavy atom. The highest BCUT2D eigenvalue weighted by atomic mass is 19.1. The Bertz CT molecular complexity index is 788. The zero-order valence-electron chi connectivity index (χ0n) is 12.2. The lowest BCUT2D eigenvalue weighted by Gasteiger charge is -2.12. The van der Waals surface area contributed by atoms with Crippen molar-refractivity contribution in [1.82, 2.24) is 0 Å². The second-order valence-corrected chi connectivity index (χ2v) is 4.91. The Morgan fingerprint density at radius 3 is 2.57 bits per heavy atom. The van der Waals surface area contributed by atoms with Crippen LogP contribution in [-0.4, -0.2) is 22.2 Å². The molecule has 0 saturated heterocycles. The van der Waals surface area contributed by atoms with Gasteiger partial charge in [-0.15, -0.1) is 0 Å². The van der Waals surface area contributed by atoms with E-state index < -0.39 is 17.8 Å². The number of carbonyl (C=O) groups is 2. The number of aromatic hydroxyl groups is 1. The molecule has 2 rings (SSSR count). The number of ether oxygens (including phenoxy) is 1. The van der Waals surface area contributed by atoms with Crippen LogP contribution >= 0.6 is 0 Å². The number of nitrogens with two attached hydrogens (primary N) is 1. The van der Waals surface area contributed by atoms with Gasteiger partial charge in [0.2, 0.25) is 0 Å². The number of phenols is 1. The van der Waals surface area contributed by atoms with Gasteiger partial charge in [0.25, 0.3) is 0 Å². The maximum Gasteiger partial charge on any atom is 0.339 e. The van der Waals surface area contributed by atoms with E-state index in [2.05, 4.69) is 0 Å². The first-order valence-electron chi connectivity index (χ1n) is 6.59. The molecule has 120 valence electrons. The standard InChI is InChI=1S/C16H14FNO5/c1-8(19)23-15-12(16(21)22)5-9(6-13(15)18)4-10-7-11(17)2-3-14(10)20/h2-3,5-7,20H,4,18H2,1H3,(H,21,22). The number of hydrogen-bond acceptors (Lipinski definition) is 5. The Kier molecular flexibility index (Phi) is 4.49. The van der Waals surface area contributed by atoms with E-state index in [-0.39, 0.29) is 34.7 Å². The van der Waals surface area contributed by atoms with Crippen molar-refractivity contribution in [2.24, 2.45) is 0 Å². The number of nitrogen functional groups attached to an aromatic ring is 1. The average Bonchev–Trinajstić information content (AvgIpc) is 2.45. The number of rotatable bonds is 4. The number of phenolic OH excluding ortho intramolecular Hbond substituents is 1. The van der Waals surface area contributed by atoms with Crippen LogP contribution in [0, 0.1) is 5.82 Å². The topological polar surface area (TPSA) is 110 Å². The molecule has 0 radical (unpaired) electrons. The van der Waals surface area contributed by atoms with Gasteiger partial charge in [-0.1, -0.05) is 0 Å². The first-order valence-corrected chi connectivity index (χ1v) is 6.59. The molecule has 4 N–H and O–H groups in total. The monoisotopic (exact) mass is 319 g/mol. The fourth-order valence-corrected chi connectivity index (χ4v) is 2.15. The normalized spacial score (nSPS) is 10.3. The van der Waals surface area contributed by atoms with Crippen LogP contribution < -0.4 is 10.5 Å². The summed E-state index contributed by atoms with van der Waals surface area (Å²) in [7, 11) is 0. The summed E-state index contributed by atoms with van der Waals surface area (Å²) in [5.41, 5.74) is 6.14. The molecule has 0 aliphatic rings. The molecule has 23 heavy (non-hydrogen) atoms. The van der Waals surface area contributed by atoms with Gasteiger partial charge in [-0.05, 0) is 35.9 Å². The quantitative estimate of drug-likeness (QED) is 0.453. The minimum Gasteiger partial charge on any atom is -0.508 e. The van der Waals surface area contributed by atoms with Crippen LogP contribution in [0.1, 0.15) is 28.4 Å². The van der Waals surface area contributed by atoms with Crippen LogP contribution in [-0.2, 0) is 11.2 Å². The Balaban J connectivity index is 2.46. The molecule has 0 aliphatic carbocycles. The summed E-state index contributed by atoms with van der Waals surface area (Å²) in [6, 6.07) is 6.14. The number of carboxylic acid groups (broad SMARTS) is 1. The maximum absolute atomic E-state index is 13.3. The predicted octanol–water partition coefficient (Wildman–Crippen LogP) is 2.33. The highest BCUT2D eigenvalue weighted by molar-refractivity contribution is 5.94. The molecule has 2 aromatic rings. The molecular weight excluding hydrogens is 305 g/mol. The molecule has 0 aromatic heterocycles. The number of hydrogen-bond donors (Lipinski definition) is 3. The van der Waals surface area contributed by atoms with Crippen molar-refractivity contribution in [1.29, 1.82) is 0 Å². The second kappa shape index (κ2) is 6.35. The van der Waals surface area contributed by atoms with Gasteiger partial charge in [-0.25, -0.2) is 9.18 Å². The smallest absolute Gasteiger partial charge is 0.339 e. The van der Waals surface area contributed by atoms with Gasteiger partial charge in [0.1, 0.15) is 17.1 Å². The fourth-order valence-electron chi connectivity index (χ4n) is 2.15. The largest absolute Gasteiger partial charge is 0.508 e. The number of benzene rings is 2. The van der Waals surface area contributed by atoms with E-state index in [4.69, 9.17) is 10.5 Å². The Labute approximate surface area is 130 Å². The lowest BCUT2D eigenvalue weighted by molar-refractivity contribution is -0.131. The van der Waals surface area contributed by atoms with Gasteiger partial charge in [-0.3, -0.25) is 4.79 Å². The van der Waals surface area contributed by atoms with Crippen LogP contribution in [0.25, 0.3) is 0 Å². The molecule has 0 saturated carbocycles. The zero-order valence-corrected chi connectivity index (χ0v) is 12.2. The average molecular weight is 319 g/mol. The second-order valence-electron chi connectivity index (χ2n) is 4.91. The van der Waals surface area contributed by atoms with Gasteiger partial charge >= 0.3 is 11.9 Å². The maximum atomic E-state index is 13.3. The Hall–Kier alpha value is -3.09. The van der Waals surface area contributed by atoms with Crippen LogP contribution in [0.3, 0.4) is 0 Å². The summed E-state index contributed by atoms with van der Waals surface area (Å²) in [6.45, 7) is 1.13. The van der Waals surface area contributed by atoms with Crippen molar-refractivity contribution in [2.45, 2.75) is 13.3 Å². The third kappa shape index (κ3) is 3.76. The van der Waals surface area contributed by atoms with Gasteiger partial charge in [-0.2, -0.15) is 0 Å². The number of esters is 1. The lowest BCUT2D eigenvalue weighted by Crippen LogP contribution is -2.10. The van der Waals surface area contributed by atoms with E-state index in [1.54, 1.807) is 0 Å².